The summed E-state index contributed by atoms with van der Waals surface area (Å²) in [7, 11) is 0. The van der Waals surface area contributed by atoms with Gasteiger partial charge in [0, 0.05) is 0 Å². The molecular formula is C16H23BO3. The Morgan fingerprint density at radius 2 is 2.20 bits per heavy atom. The molecule has 4 heteroatoms. The molecule has 0 spiro atoms. The third kappa shape index (κ3) is 3.35. The molecule has 0 radical (unpaired) electrons. The van der Waals surface area contributed by atoms with E-state index >= 15 is 0 Å². The fraction of sp³-hybridized carbons (Fsp3) is 0.562. The minimum absolute atomic E-state index is 0.277. The number of hydrogen-bond acceptors (Lipinski definition) is 3. The van der Waals surface area contributed by atoms with Crippen LogP contribution in [0.4, 0.5) is 0 Å². The van der Waals surface area contributed by atoms with Crippen molar-refractivity contribution in [1.29, 1.82) is 0 Å². The molecule has 3 nitrogen and oxygen atoms in total. The highest BCUT2D eigenvalue weighted by atomic mass is 16.6. The minimum atomic E-state index is -0.508. The van der Waals surface area contributed by atoms with Crippen LogP contribution in [0.1, 0.15) is 32.3 Å². The highest BCUT2D eigenvalue weighted by molar-refractivity contribution is 6.72. The summed E-state index contributed by atoms with van der Waals surface area (Å²) in [5, 5.41) is 0. The third-order valence-electron chi connectivity index (χ3n) is 3.93. The number of hydrogen-bond donors (Lipinski definition) is 0. The highest BCUT2D eigenvalue weighted by Crippen LogP contribution is 2.20. The normalized spacial score (nSPS) is 15.4. The molecule has 1 atom stereocenters. The van der Waals surface area contributed by atoms with Gasteiger partial charge >= 0.3 is 5.97 Å². The molecule has 0 amide bonds. The zero-order valence-electron chi connectivity index (χ0n) is 12.6. The average Bonchev–Trinajstić information content (AvgIpc) is 2.45. The maximum absolute atomic E-state index is 11.8. The van der Waals surface area contributed by atoms with Crippen LogP contribution >= 0.6 is 0 Å². The van der Waals surface area contributed by atoms with Gasteiger partial charge in [0.15, 0.2) is 12.8 Å². The molecule has 0 saturated carbocycles. The summed E-state index contributed by atoms with van der Waals surface area (Å²) in [5.41, 5.74) is 2.78. The molecule has 108 valence electrons. The largest absolute Gasteiger partial charge is 0.479 e. The molecule has 1 aromatic rings. The number of rotatable bonds is 5. The number of ether oxygens (including phenoxy) is 2. The van der Waals surface area contributed by atoms with Crippen LogP contribution in [0.25, 0.3) is 0 Å². The van der Waals surface area contributed by atoms with Crippen LogP contribution < -0.4 is 10.2 Å². The van der Waals surface area contributed by atoms with Crippen LogP contribution in [0.15, 0.2) is 18.2 Å². The van der Waals surface area contributed by atoms with E-state index in [-0.39, 0.29) is 5.97 Å². The van der Waals surface area contributed by atoms with E-state index in [4.69, 9.17) is 9.47 Å². The number of benzene rings is 1. The van der Waals surface area contributed by atoms with Crippen molar-refractivity contribution in [2.75, 3.05) is 6.61 Å². The van der Waals surface area contributed by atoms with E-state index in [9.17, 15) is 4.79 Å². The maximum atomic E-state index is 11.8. The molecule has 0 aliphatic carbocycles. The summed E-state index contributed by atoms with van der Waals surface area (Å²) in [4.78, 5) is 11.8. The van der Waals surface area contributed by atoms with E-state index in [0.717, 1.165) is 12.2 Å². The molecule has 1 aliphatic rings. The second kappa shape index (κ2) is 6.82. The van der Waals surface area contributed by atoms with Gasteiger partial charge in [-0.25, -0.2) is 4.79 Å². The van der Waals surface area contributed by atoms with Crippen molar-refractivity contribution in [3.63, 3.8) is 0 Å². The monoisotopic (exact) mass is 274 g/mol. The third-order valence-corrected chi connectivity index (χ3v) is 3.93. The Labute approximate surface area is 121 Å². The second-order valence-corrected chi connectivity index (χ2v) is 5.42. The molecule has 20 heavy (non-hydrogen) atoms. The summed E-state index contributed by atoms with van der Waals surface area (Å²) >= 11 is 0. The first-order valence-corrected chi connectivity index (χ1v) is 7.61. The summed E-state index contributed by atoms with van der Waals surface area (Å²) in [6.45, 7) is 6.96. The van der Waals surface area contributed by atoms with Gasteiger partial charge in [0.25, 0.3) is 0 Å². The zero-order chi connectivity index (χ0) is 14.5. The van der Waals surface area contributed by atoms with Crippen molar-refractivity contribution in [1.82, 2.24) is 0 Å². The number of aryl methyl sites for hydroxylation is 1. The SMILES string of the molecule is CCOC(=O)C(CC)Oc1ccc2c(c1)B(C)CCC2. The lowest BCUT2D eigenvalue weighted by atomic mass is 9.41. The molecule has 1 aromatic carbocycles. The van der Waals surface area contributed by atoms with Gasteiger partial charge in [-0.3, -0.25) is 0 Å². The predicted octanol–water partition coefficient (Wildman–Crippen LogP) is 2.68. The molecule has 0 N–H and O–H groups in total. The maximum Gasteiger partial charge on any atom is 0.347 e. The van der Waals surface area contributed by atoms with Crippen LogP contribution in [0.3, 0.4) is 0 Å². The fourth-order valence-electron chi connectivity index (χ4n) is 2.78. The molecular weight excluding hydrogens is 251 g/mol. The van der Waals surface area contributed by atoms with Gasteiger partial charge < -0.3 is 9.47 Å². The topological polar surface area (TPSA) is 35.5 Å². The van der Waals surface area contributed by atoms with Gasteiger partial charge in [-0.2, -0.15) is 0 Å². The van der Waals surface area contributed by atoms with Crippen molar-refractivity contribution in [3.8, 4) is 5.75 Å². The number of carbonyl (C=O) groups is 1. The molecule has 0 saturated heterocycles. The number of fused-ring (bicyclic) bond motifs is 1. The van der Waals surface area contributed by atoms with Gasteiger partial charge in [-0.05, 0) is 31.9 Å². The van der Waals surface area contributed by atoms with Crippen LogP contribution in [-0.4, -0.2) is 25.4 Å². The lowest BCUT2D eigenvalue weighted by Gasteiger charge is -2.22. The Hall–Kier alpha value is -1.45. The number of carbonyl (C=O) groups excluding carboxylic acids is 1. The molecule has 0 bridgehead atoms. The Morgan fingerprint density at radius 1 is 1.40 bits per heavy atom. The first-order valence-electron chi connectivity index (χ1n) is 7.61. The van der Waals surface area contributed by atoms with Gasteiger partial charge in [0.05, 0.1) is 6.61 Å². The molecule has 0 fully saturated rings. The molecule has 0 aromatic heterocycles. The van der Waals surface area contributed by atoms with E-state index < -0.39 is 6.10 Å². The first-order chi connectivity index (χ1) is 9.65. The van der Waals surface area contributed by atoms with E-state index in [1.807, 2.05) is 19.9 Å². The van der Waals surface area contributed by atoms with E-state index in [2.05, 4.69) is 19.0 Å². The molecule has 2 rings (SSSR count). The lowest BCUT2D eigenvalue weighted by Crippen LogP contribution is -2.34. The van der Waals surface area contributed by atoms with Crippen molar-refractivity contribution < 1.29 is 14.3 Å². The lowest BCUT2D eigenvalue weighted by molar-refractivity contribution is -0.151. The average molecular weight is 274 g/mol. The highest BCUT2D eigenvalue weighted by Gasteiger charge is 2.22. The quantitative estimate of drug-likeness (QED) is 0.611. The summed E-state index contributed by atoms with van der Waals surface area (Å²) in [5.74, 6) is 0.498. The van der Waals surface area contributed by atoms with E-state index in [1.54, 1.807) is 0 Å². The Balaban J connectivity index is 2.13. The minimum Gasteiger partial charge on any atom is -0.479 e. The number of esters is 1. The van der Waals surface area contributed by atoms with Crippen LogP contribution in [0.5, 0.6) is 5.75 Å². The van der Waals surface area contributed by atoms with Gasteiger partial charge in [-0.15, -0.1) is 0 Å². The fourth-order valence-corrected chi connectivity index (χ4v) is 2.78. The van der Waals surface area contributed by atoms with Crippen molar-refractivity contribution in [2.45, 2.75) is 52.4 Å². The van der Waals surface area contributed by atoms with Crippen molar-refractivity contribution in [3.05, 3.63) is 23.8 Å². The Morgan fingerprint density at radius 3 is 2.90 bits per heavy atom. The standard InChI is InChI=1S/C16H23BO3/c1-4-15(16(18)19-5-2)20-13-9-8-12-7-6-10-17(3)14(12)11-13/h8-9,11,15H,4-7,10H2,1-3H3. The summed E-state index contributed by atoms with van der Waals surface area (Å²) in [6, 6.07) is 6.21. The zero-order valence-corrected chi connectivity index (χ0v) is 12.6. The summed E-state index contributed by atoms with van der Waals surface area (Å²) < 4.78 is 10.9. The van der Waals surface area contributed by atoms with Crippen LogP contribution in [0.2, 0.25) is 13.1 Å². The smallest absolute Gasteiger partial charge is 0.347 e. The van der Waals surface area contributed by atoms with Gasteiger partial charge in [-0.1, -0.05) is 43.6 Å². The van der Waals surface area contributed by atoms with Crippen LogP contribution in [0, 0.1) is 0 Å². The molecule has 1 aliphatic heterocycles. The van der Waals surface area contributed by atoms with Gasteiger partial charge in [0.1, 0.15) is 5.75 Å². The molecule has 1 unspecified atom stereocenters. The summed E-state index contributed by atoms with van der Waals surface area (Å²) in [6.07, 6.45) is 3.74. The Bertz CT molecular complexity index is 473. The predicted molar refractivity (Wildman–Crippen MR) is 82.2 cm³/mol. The van der Waals surface area contributed by atoms with Crippen LogP contribution in [-0.2, 0) is 16.0 Å². The second-order valence-electron chi connectivity index (χ2n) is 5.42. The van der Waals surface area contributed by atoms with E-state index in [0.29, 0.717) is 19.7 Å². The van der Waals surface area contributed by atoms with Gasteiger partial charge in [0.2, 0.25) is 0 Å². The van der Waals surface area contributed by atoms with Crippen molar-refractivity contribution >= 4 is 18.1 Å². The van der Waals surface area contributed by atoms with E-state index in [1.165, 1.54) is 23.8 Å². The first kappa shape index (κ1) is 15.0. The Kier molecular flexibility index (Phi) is 5.10. The van der Waals surface area contributed by atoms with Crippen molar-refractivity contribution in [2.24, 2.45) is 0 Å². The molecule has 1 heterocycles.